The van der Waals surface area contributed by atoms with Crippen LogP contribution < -0.4 is 4.74 Å². The summed E-state index contributed by atoms with van der Waals surface area (Å²) in [7, 11) is 1.75. The molecule has 1 aliphatic carbocycles. The molecule has 0 radical (unpaired) electrons. The molecule has 2 aromatic rings. The minimum absolute atomic E-state index is 0.802. The molecule has 0 aromatic heterocycles. The Kier molecular flexibility index (Phi) is 5.57. The van der Waals surface area contributed by atoms with E-state index in [1.54, 1.807) is 7.11 Å². The molecule has 1 fully saturated rings. The molecule has 138 valence electrons. The largest absolute Gasteiger partial charge is 0.497 e. The Hall–Kier alpha value is -1.84. The fourth-order valence-corrected chi connectivity index (χ4v) is 4.43. The number of hydrogen-bond donors (Lipinski definition) is 0. The van der Waals surface area contributed by atoms with Gasteiger partial charge in [0.15, 0.2) is 0 Å². The van der Waals surface area contributed by atoms with Crippen LogP contribution >= 0.6 is 0 Å². The third-order valence-corrected chi connectivity index (χ3v) is 5.97. The quantitative estimate of drug-likeness (QED) is 0.819. The number of nitrogens with zero attached hydrogens (tertiary/aromatic N) is 2. The number of piperazine rings is 1. The zero-order chi connectivity index (χ0) is 17.8. The van der Waals surface area contributed by atoms with Gasteiger partial charge in [-0.15, -0.1) is 0 Å². The van der Waals surface area contributed by atoms with Gasteiger partial charge in [0.25, 0.3) is 0 Å². The first-order chi connectivity index (χ1) is 12.8. The zero-order valence-corrected chi connectivity index (χ0v) is 15.9. The van der Waals surface area contributed by atoms with Crippen molar-refractivity contribution in [1.29, 1.82) is 0 Å². The van der Waals surface area contributed by atoms with Crippen LogP contribution in [0.4, 0.5) is 0 Å². The molecule has 2 aromatic carbocycles. The lowest BCUT2D eigenvalue weighted by Crippen LogP contribution is -2.47. The number of ether oxygens (including phenoxy) is 1. The molecule has 1 unspecified atom stereocenters. The van der Waals surface area contributed by atoms with Gasteiger partial charge >= 0.3 is 0 Å². The highest BCUT2D eigenvalue weighted by Crippen LogP contribution is 2.29. The van der Waals surface area contributed by atoms with Gasteiger partial charge in [-0.05, 0) is 54.0 Å². The molecule has 1 aliphatic heterocycles. The summed E-state index contributed by atoms with van der Waals surface area (Å²) < 4.78 is 5.37. The first-order valence-electron chi connectivity index (χ1n) is 9.94. The SMILES string of the molecule is COc1ccc2c(c1)CCC(CN1CCN(Cc3ccccc3)CC1)C2. The highest BCUT2D eigenvalue weighted by atomic mass is 16.5. The second-order valence-corrected chi connectivity index (χ2v) is 7.81. The van der Waals surface area contributed by atoms with E-state index in [9.17, 15) is 0 Å². The van der Waals surface area contributed by atoms with Crippen molar-refractivity contribution in [3.8, 4) is 5.75 Å². The summed E-state index contributed by atoms with van der Waals surface area (Å²) in [6, 6.07) is 17.5. The first kappa shape index (κ1) is 17.6. The zero-order valence-electron chi connectivity index (χ0n) is 15.9. The van der Waals surface area contributed by atoms with E-state index in [1.807, 2.05) is 0 Å². The summed E-state index contributed by atoms with van der Waals surface area (Å²) in [6.45, 7) is 7.14. The molecule has 1 saturated heterocycles. The van der Waals surface area contributed by atoms with Crippen LogP contribution in [0.5, 0.6) is 5.75 Å². The molecular formula is C23H30N2O. The van der Waals surface area contributed by atoms with Crippen molar-refractivity contribution >= 4 is 0 Å². The number of hydrogen-bond acceptors (Lipinski definition) is 3. The van der Waals surface area contributed by atoms with E-state index in [2.05, 4.69) is 58.3 Å². The molecule has 1 atom stereocenters. The average molecular weight is 351 g/mol. The lowest BCUT2D eigenvalue weighted by Gasteiger charge is -2.37. The molecule has 0 bridgehead atoms. The van der Waals surface area contributed by atoms with Gasteiger partial charge in [-0.25, -0.2) is 0 Å². The Bertz CT molecular complexity index is 707. The number of rotatable bonds is 5. The first-order valence-corrected chi connectivity index (χ1v) is 9.94. The average Bonchev–Trinajstić information content (AvgIpc) is 2.70. The smallest absolute Gasteiger partial charge is 0.119 e. The predicted molar refractivity (Wildman–Crippen MR) is 107 cm³/mol. The van der Waals surface area contributed by atoms with Crippen LogP contribution in [-0.2, 0) is 19.4 Å². The molecular weight excluding hydrogens is 320 g/mol. The van der Waals surface area contributed by atoms with E-state index in [-0.39, 0.29) is 0 Å². The predicted octanol–water partition coefficient (Wildman–Crippen LogP) is 3.62. The number of fused-ring (bicyclic) bond motifs is 1. The van der Waals surface area contributed by atoms with Gasteiger partial charge in [-0.3, -0.25) is 4.90 Å². The maximum atomic E-state index is 5.37. The van der Waals surface area contributed by atoms with Gasteiger partial charge in [0.05, 0.1) is 7.11 Å². The van der Waals surface area contributed by atoms with Crippen molar-refractivity contribution in [2.75, 3.05) is 39.8 Å². The molecule has 2 aliphatic rings. The number of benzene rings is 2. The van der Waals surface area contributed by atoms with Crippen molar-refractivity contribution < 1.29 is 4.74 Å². The van der Waals surface area contributed by atoms with Crippen LogP contribution in [0.1, 0.15) is 23.1 Å². The Balaban J connectivity index is 1.26. The van der Waals surface area contributed by atoms with E-state index in [4.69, 9.17) is 4.74 Å². The minimum Gasteiger partial charge on any atom is -0.497 e. The molecule has 0 spiro atoms. The topological polar surface area (TPSA) is 15.7 Å². The summed E-state index contributed by atoms with van der Waals surface area (Å²) in [4.78, 5) is 5.27. The fraction of sp³-hybridized carbons (Fsp3) is 0.478. The molecule has 3 nitrogen and oxygen atoms in total. The Morgan fingerprint density at radius 3 is 2.46 bits per heavy atom. The summed E-state index contributed by atoms with van der Waals surface area (Å²) in [5.41, 5.74) is 4.46. The lowest BCUT2D eigenvalue weighted by atomic mass is 9.83. The van der Waals surface area contributed by atoms with Gasteiger partial charge in [0.2, 0.25) is 0 Å². The lowest BCUT2D eigenvalue weighted by molar-refractivity contribution is 0.110. The molecule has 4 rings (SSSR count). The van der Waals surface area contributed by atoms with Crippen LogP contribution in [0.15, 0.2) is 48.5 Å². The fourth-order valence-electron chi connectivity index (χ4n) is 4.43. The van der Waals surface area contributed by atoms with Gasteiger partial charge in [-0.1, -0.05) is 36.4 Å². The van der Waals surface area contributed by atoms with Crippen LogP contribution in [0, 0.1) is 5.92 Å². The normalized spacial score (nSPS) is 21.3. The Labute approximate surface area is 157 Å². The van der Waals surface area contributed by atoms with Crippen LogP contribution in [0.3, 0.4) is 0 Å². The molecule has 26 heavy (non-hydrogen) atoms. The van der Waals surface area contributed by atoms with Crippen molar-refractivity contribution in [2.45, 2.75) is 25.8 Å². The second-order valence-electron chi connectivity index (χ2n) is 7.81. The van der Waals surface area contributed by atoms with Gasteiger partial charge < -0.3 is 9.64 Å². The highest BCUT2D eigenvalue weighted by Gasteiger charge is 2.24. The van der Waals surface area contributed by atoms with Crippen LogP contribution in [-0.4, -0.2) is 49.6 Å². The van der Waals surface area contributed by atoms with E-state index >= 15 is 0 Å². The highest BCUT2D eigenvalue weighted by molar-refractivity contribution is 5.37. The number of aryl methyl sites for hydroxylation is 1. The molecule has 3 heteroatoms. The maximum Gasteiger partial charge on any atom is 0.119 e. The minimum atomic E-state index is 0.802. The van der Waals surface area contributed by atoms with E-state index in [0.29, 0.717) is 0 Å². The molecule has 0 N–H and O–H groups in total. The third kappa shape index (κ3) is 4.28. The van der Waals surface area contributed by atoms with Crippen molar-refractivity contribution in [3.63, 3.8) is 0 Å². The molecule has 0 saturated carbocycles. The Morgan fingerprint density at radius 2 is 1.69 bits per heavy atom. The molecule has 1 heterocycles. The van der Waals surface area contributed by atoms with Gasteiger partial charge in [0.1, 0.15) is 5.75 Å². The summed E-state index contributed by atoms with van der Waals surface area (Å²) in [5.74, 6) is 1.80. The van der Waals surface area contributed by atoms with Crippen molar-refractivity contribution in [3.05, 3.63) is 65.2 Å². The van der Waals surface area contributed by atoms with E-state index in [1.165, 1.54) is 68.7 Å². The van der Waals surface area contributed by atoms with Crippen LogP contribution in [0.2, 0.25) is 0 Å². The third-order valence-electron chi connectivity index (χ3n) is 5.97. The molecule has 0 amide bonds. The van der Waals surface area contributed by atoms with Gasteiger partial charge in [-0.2, -0.15) is 0 Å². The standard InChI is InChI=1S/C23H30N2O/c1-26-23-10-9-21-15-20(7-8-22(21)16-23)18-25-13-11-24(12-14-25)17-19-5-3-2-4-6-19/h2-6,9-10,16,20H,7-8,11-15,17-18H2,1H3. The van der Waals surface area contributed by atoms with Crippen LogP contribution in [0.25, 0.3) is 0 Å². The van der Waals surface area contributed by atoms with E-state index < -0.39 is 0 Å². The summed E-state index contributed by atoms with van der Waals surface area (Å²) in [5, 5.41) is 0. The summed E-state index contributed by atoms with van der Waals surface area (Å²) in [6.07, 6.45) is 3.74. The monoisotopic (exact) mass is 350 g/mol. The summed E-state index contributed by atoms with van der Waals surface area (Å²) >= 11 is 0. The van der Waals surface area contributed by atoms with Gasteiger partial charge in [0, 0.05) is 39.3 Å². The van der Waals surface area contributed by atoms with Crippen molar-refractivity contribution in [2.24, 2.45) is 5.92 Å². The second kappa shape index (κ2) is 8.24. The maximum absolute atomic E-state index is 5.37. The Morgan fingerprint density at radius 1 is 0.923 bits per heavy atom. The van der Waals surface area contributed by atoms with Crippen molar-refractivity contribution in [1.82, 2.24) is 9.80 Å². The number of methoxy groups -OCH3 is 1. The van der Waals surface area contributed by atoms with E-state index in [0.717, 1.165) is 18.2 Å².